The number of ketones is 1. The SMILES string of the molecule is COc1ccc(CN2C(=O)C(=O)/C(=C(\O)c3ccccc3)C2c2ccc(OC(C)C)cc2)cc1. The zero-order chi connectivity index (χ0) is 24.2. The molecule has 1 heterocycles. The van der Waals surface area contributed by atoms with Crippen molar-refractivity contribution in [2.45, 2.75) is 32.5 Å². The molecule has 1 unspecified atom stereocenters. The van der Waals surface area contributed by atoms with Crippen molar-refractivity contribution in [3.63, 3.8) is 0 Å². The molecule has 1 N–H and O–H groups in total. The Labute approximate surface area is 199 Å². The summed E-state index contributed by atoms with van der Waals surface area (Å²) in [7, 11) is 1.59. The molecule has 1 saturated heterocycles. The molecule has 6 nitrogen and oxygen atoms in total. The van der Waals surface area contributed by atoms with Crippen molar-refractivity contribution < 1.29 is 24.2 Å². The number of hydrogen-bond donors (Lipinski definition) is 1. The highest BCUT2D eigenvalue weighted by molar-refractivity contribution is 6.46. The maximum Gasteiger partial charge on any atom is 0.295 e. The van der Waals surface area contributed by atoms with E-state index in [4.69, 9.17) is 9.47 Å². The number of aliphatic hydroxyl groups excluding tert-OH is 1. The molecule has 0 radical (unpaired) electrons. The second kappa shape index (κ2) is 9.83. The summed E-state index contributed by atoms with van der Waals surface area (Å²) in [4.78, 5) is 27.8. The molecule has 0 saturated carbocycles. The smallest absolute Gasteiger partial charge is 0.295 e. The van der Waals surface area contributed by atoms with Gasteiger partial charge in [0.1, 0.15) is 17.3 Å². The van der Waals surface area contributed by atoms with Gasteiger partial charge in [-0.1, -0.05) is 54.6 Å². The fourth-order valence-electron chi connectivity index (χ4n) is 4.07. The predicted octanol–water partition coefficient (Wildman–Crippen LogP) is 5.10. The second-order valence-corrected chi connectivity index (χ2v) is 8.38. The lowest BCUT2D eigenvalue weighted by Crippen LogP contribution is -2.29. The number of ether oxygens (including phenoxy) is 2. The minimum atomic E-state index is -0.740. The topological polar surface area (TPSA) is 76.1 Å². The van der Waals surface area contributed by atoms with Crippen molar-refractivity contribution in [3.8, 4) is 11.5 Å². The van der Waals surface area contributed by atoms with Crippen molar-refractivity contribution in [1.29, 1.82) is 0 Å². The van der Waals surface area contributed by atoms with E-state index in [2.05, 4.69) is 0 Å². The summed E-state index contributed by atoms with van der Waals surface area (Å²) < 4.78 is 11.0. The minimum Gasteiger partial charge on any atom is -0.507 e. The first-order chi connectivity index (χ1) is 16.4. The quantitative estimate of drug-likeness (QED) is 0.303. The Morgan fingerprint density at radius 1 is 0.912 bits per heavy atom. The Morgan fingerprint density at radius 3 is 2.12 bits per heavy atom. The zero-order valence-electron chi connectivity index (χ0n) is 19.4. The molecule has 1 aliphatic rings. The number of benzene rings is 3. The van der Waals surface area contributed by atoms with E-state index < -0.39 is 17.7 Å². The average molecular weight is 458 g/mol. The Morgan fingerprint density at radius 2 is 1.53 bits per heavy atom. The number of Topliss-reactive ketones (excluding diaryl/α,β-unsaturated/α-hetero) is 1. The van der Waals surface area contributed by atoms with E-state index in [1.165, 1.54) is 4.90 Å². The van der Waals surface area contributed by atoms with E-state index in [1.54, 1.807) is 31.4 Å². The Bertz CT molecular complexity index is 1200. The van der Waals surface area contributed by atoms with Gasteiger partial charge in [0.25, 0.3) is 11.7 Å². The van der Waals surface area contributed by atoms with Crippen LogP contribution in [0.25, 0.3) is 5.76 Å². The minimum absolute atomic E-state index is 0.0182. The van der Waals surface area contributed by atoms with Gasteiger partial charge >= 0.3 is 0 Å². The normalized spacial score (nSPS) is 17.3. The number of likely N-dealkylation sites (tertiary alicyclic amines) is 1. The summed E-state index contributed by atoms with van der Waals surface area (Å²) in [6, 6.07) is 22.7. The lowest BCUT2D eigenvalue weighted by atomic mass is 9.95. The highest BCUT2D eigenvalue weighted by Gasteiger charge is 2.46. The number of aliphatic hydroxyl groups is 1. The van der Waals surface area contributed by atoms with E-state index in [0.29, 0.717) is 22.6 Å². The first-order valence-corrected chi connectivity index (χ1v) is 11.1. The molecule has 34 heavy (non-hydrogen) atoms. The van der Waals surface area contributed by atoms with Crippen molar-refractivity contribution in [2.75, 3.05) is 7.11 Å². The van der Waals surface area contributed by atoms with E-state index >= 15 is 0 Å². The summed E-state index contributed by atoms with van der Waals surface area (Å²) in [6.45, 7) is 4.09. The van der Waals surface area contributed by atoms with Gasteiger partial charge in [-0.15, -0.1) is 0 Å². The molecule has 3 aromatic carbocycles. The number of rotatable bonds is 7. The van der Waals surface area contributed by atoms with Gasteiger partial charge in [-0.3, -0.25) is 9.59 Å². The third-order valence-electron chi connectivity index (χ3n) is 5.67. The number of carbonyl (C=O) groups excluding carboxylic acids is 2. The Kier molecular flexibility index (Phi) is 6.68. The molecule has 174 valence electrons. The first-order valence-electron chi connectivity index (χ1n) is 11.1. The molecule has 3 aromatic rings. The van der Waals surface area contributed by atoms with Crippen LogP contribution in [0, 0.1) is 0 Å². The number of methoxy groups -OCH3 is 1. The number of nitrogens with zero attached hydrogens (tertiary/aromatic N) is 1. The van der Waals surface area contributed by atoms with Gasteiger partial charge < -0.3 is 19.5 Å². The maximum atomic E-state index is 13.2. The summed E-state index contributed by atoms with van der Waals surface area (Å²) in [5.74, 6) is -0.159. The van der Waals surface area contributed by atoms with Gasteiger partial charge in [0.2, 0.25) is 0 Å². The van der Waals surface area contributed by atoms with Crippen LogP contribution in [-0.4, -0.2) is 34.9 Å². The Hall–Kier alpha value is -4.06. The van der Waals surface area contributed by atoms with Gasteiger partial charge in [-0.05, 0) is 49.2 Å². The molecular weight excluding hydrogens is 430 g/mol. The van der Waals surface area contributed by atoms with Gasteiger partial charge in [0, 0.05) is 12.1 Å². The predicted molar refractivity (Wildman–Crippen MR) is 129 cm³/mol. The molecule has 0 spiro atoms. The van der Waals surface area contributed by atoms with Gasteiger partial charge in [-0.2, -0.15) is 0 Å². The molecule has 1 fully saturated rings. The summed E-state index contributed by atoms with van der Waals surface area (Å²) in [5, 5.41) is 11.1. The van der Waals surface area contributed by atoms with Crippen molar-refractivity contribution in [2.24, 2.45) is 0 Å². The number of amides is 1. The molecule has 4 rings (SSSR count). The molecule has 1 atom stereocenters. The van der Waals surface area contributed by atoms with Crippen LogP contribution in [0.4, 0.5) is 0 Å². The lowest BCUT2D eigenvalue weighted by molar-refractivity contribution is -0.140. The largest absolute Gasteiger partial charge is 0.507 e. The summed E-state index contributed by atoms with van der Waals surface area (Å²) in [6.07, 6.45) is 0.0182. The third kappa shape index (κ3) is 4.66. The highest BCUT2D eigenvalue weighted by Crippen LogP contribution is 2.40. The van der Waals surface area contributed by atoms with Gasteiger partial charge in [0.15, 0.2) is 0 Å². The number of hydrogen-bond acceptors (Lipinski definition) is 5. The average Bonchev–Trinajstić information content (AvgIpc) is 3.09. The molecule has 0 bridgehead atoms. The molecule has 1 aliphatic heterocycles. The van der Waals surface area contributed by atoms with E-state index in [1.807, 2.05) is 68.4 Å². The standard InChI is InChI=1S/C28H27NO5/c1-18(2)34-23-15-11-20(12-16-23)25-24(26(30)21-7-5-4-6-8-21)27(31)28(32)29(25)17-19-9-13-22(33-3)14-10-19/h4-16,18,25,30H,17H2,1-3H3/b26-24-. The molecule has 1 amide bonds. The molecule has 6 heteroatoms. The van der Waals surface area contributed by atoms with Crippen molar-refractivity contribution >= 4 is 17.4 Å². The summed E-state index contributed by atoms with van der Waals surface area (Å²) in [5.41, 5.74) is 2.10. The fraction of sp³-hybridized carbons (Fsp3) is 0.214. The van der Waals surface area contributed by atoms with Crippen LogP contribution in [-0.2, 0) is 16.1 Å². The van der Waals surface area contributed by atoms with Crippen LogP contribution >= 0.6 is 0 Å². The fourth-order valence-corrected chi connectivity index (χ4v) is 4.07. The van der Waals surface area contributed by atoms with Crippen molar-refractivity contribution in [1.82, 2.24) is 4.90 Å². The van der Waals surface area contributed by atoms with Gasteiger partial charge in [0.05, 0.1) is 24.8 Å². The zero-order valence-corrected chi connectivity index (χ0v) is 19.4. The van der Waals surface area contributed by atoms with Crippen LogP contribution in [0.1, 0.15) is 36.6 Å². The third-order valence-corrected chi connectivity index (χ3v) is 5.67. The van der Waals surface area contributed by atoms with Crippen LogP contribution < -0.4 is 9.47 Å². The van der Waals surface area contributed by atoms with E-state index in [0.717, 1.165) is 5.56 Å². The van der Waals surface area contributed by atoms with E-state index in [9.17, 15) is 14.7 Å². The van der Waals surface area contributed by atoms with Crippen LogP contribution in [0.5, 0.6) is 11.5 Å². The molecule has 0 aliphatic carbocycles. The van der Waals surface area contributed by atoms with Gasteiger partial charge in [-0.25, -0.2) is 0 Å². The lowest BCUT2D eigenvalue weighted by Gasteiger charge is -2.26. The van der Waals surface area contributed by atoms with E-state index in [-0.39, 0.29) is 24.0 Å². The Balaban J connectivity index is 1.79. The molecular formula is C28H27NO5. The monoisotopic (exact) mass is 457 g/mol. The maximum absolute atomic E-state index is 13.2. The summed E-state index contributed by atoms with van der Waals surface area (Å²) >= 11 is 0. The highest BCUT2D eigenvalue weighted by atomic mass is 16.5. The van der Waals surface area contributed by atoms with Crippen molar-refractivity contribution in [3.05, 3.63) is 101 Å². The number of carbonyl (C=O) groups is 2. The van der Waals surface area contributed by atoms with Crippen LogP contribution in [0.2, 0.25) is 0 Å². The van der Waals surface area contributed by atoms with Crippen LogP contribution in [0.15, 0.2) is 84.4 Å². The second-order valence-electron chi connectivity index (χ2n) is 8.38. The molecule has 0 aromatic heterocycles. The van der Waals surface area contributed by atoms with Crippen LogP contribution in [0.3, 0.4) is 0 Å². The first kappa shape index (κ1) is 23.1.